The summed E-state index contributed by atoms with van der Waals surface area (Å²) in [6.45, 7) is 6.72. The van der Waals surface area contributed by atoms with Gasteiger partial charge in [0.05, 0.1) is 6.04 Å². The number of esters is 2. The van der Waals surface area contributed by atoms with Crippen LogP contribution in [0.4, 0.5) is 4.79 Å². The number of nitrogens with two attached hydrogens (primary N) is 2. The molecule has 0 heterocycles. The molecule has 7 N–H and O–H groups in total. The maximum Gasteiger partial charge on any atom is 0.417 e. The Balaban J connectivity index is 1.94. The zero-order chi connectivity index (χ0) is 42.1. The smallest absolute Gasteiger partial charge is 0.417 e. The quantitative estimate of drug-likeness (QED) is 0.0626. The van der Waals surface area contributed by atoms with Crippen molar-refractivity contribution in [1.29, 1.82) is 0 Å². The van der Waals surface area contributed by atoms with Crippen LogP contribution in [0.15, 0.2) is 84.9 Å². The lowest BCUT2D eigenvalue weighted by molar-refractivity contribution is -0.163. The molecule has 4 amide bonds. The number of hydrogen-bond donors (Lipinski definition) is 5. The topological polar surface area (TPSA) is 220 Å². The third kappa shape index (κ3) is 13.1. The molecule has 14 heteroatoms. The van der Waals surface area contributed by atoms with Crippen LogP contribution < -0.4 is 22.1 Å². The van der Waals surface area contributed by atoms with Gasteiger partial charge in [0.15, 0.2) is 0 Å². The lowest BCUT2D eigenvalue weighted by Gasteiger charge is -2.37. The number of rotatable bonds is 20. The Hall–Kier alpha value is -5.44. The molecule has 0 aliphatic rings. The number of carbonyl (C=O) groups excluding carboxylic acids is 6. The lowest BCUT2D eigenvalue weighted by Crippen LogP contribution is -2.66. The Morgan fingerprint density at radius 1 is 0.860 bits per heavy atom. The minimum atomic E-state index is -2.00. The largest absolute Gasteiger partial charge is 0.444 e. The molecule has 3 rings (SSSR count). The molecule has 0 spiro atoms. The first-order valence-electron chi connectivity index (χ1n) is 19.3. The van der Waals surface area contributed by atoms with Crippen molar-refractivity contribution >= 4 is 35.8 Å². The molecule has 0 bridgehead atoms. The average molecular weight is 788 g/mol. The summed E-state index contributed by atoms with van der Waals surface area (Å²) in [7, 11) is 0. The summed E-state index contributed by atoms with van der Waals surface area (Å²) >= 11 is 0. The van der Waals surface area contributed by atoms with E-state index in [1.54, 1.807) is 56.3 Å². The fourth-order valence-electron chi connectivity index (χ4n) is 6.16. The predicted octanol–water partition coefficient (Wildman–Crippen LogP) is 4.01. The number of benzene rings is 3. The summed E-state index contributed by atoms with van der Waals surface area (Å²) in [5, 5.41) is 16.2. The van der Waals surface area contributed by atoms with Crippen LogP contribution in [0.2, 0.25) is 0 Å². The third-order valence-electron chi connectivity index (χ3n) is 9.68. The molecule has 0 saturated carbocycles. The van der Waals surface area contributed by atoms with E-state index in [-0.39, 0.29) is 19.4 Å². The van der Waals surface area contributed by atoms with Crippen LogP contribution in [0, 0.1) is 11.8 Å². The van der Waals surface area contributed by atoms with Crippen molar-refractivity contribution < 1.29 is 43.3 Å². The van der Waals surface area contributed by atoms with E-state index >= 15 is 0 Å². The standard InChI is InChI=1S/C43H57N5O9/c1-6-7-10-23-36(50)57-40(53)37(28(2)3)47-41(54)43(45,24-33-21-15-16-22-35(33)32-19-13-9-14-20-32)34(26-49)25-46-38(51)30(5)48(39(52)29(4)44)42(55)56-27-31-17-11-8-12-18-31/h8-9,11-22,28-30,34,37,49H,6-7,10,23-27,44-45H2,1-5H3,(H,46,51)(H,47,54)/t29-,30-,34?,37?,43+/m0/s1. The SMILES string of the molecule is CCCCCC(=O)OC(=O)C(NC(=O)[C@@](N)(Cc1ccccc1-c1ccccc1)C(CO)CNC(=O)[C@H](C)N(C(=O)OCc1ccccc1)C(=O)[C@H](C)N)C(C)C. The van der Waals surface area contributed by atoms with Crippen molar-refractivity contribution in [3.63, 3.8) is 0 Å². The van der Waals surface area contributed by atoms with Crippen LogP contribution in [0.1, 0.15) is 71.4 Å². The fourth-order valence-corrected chi connectivity index (χ4v) is 6.16. The maximum absolute atomic E-state index is 14.5. The second kappa shape index (κ2) is 22.3. The fraction of sp³-hybridized carbons (Fsp3) is 0.442. The minimum absolute atomic E-state index is 0.0398. The lowest BCUT2D eigenvalue weighted by atomic mass is 9.77. The summed E-state index contributed by atoms with van der Waals surface area (Å²) in [5.74, 6) is -5.93. The highest BCUT2D eigenvalue weighted by Gasteiger charge is 2.45. The first-order chi connectivity index (χ1) is 27.1. The molecule has 0 saturated heterocycles. The number of hydrogen-bond acceptors (Lipinski definition) is 11. The Morgan fingerprint density at radius 3 is 2.07 bits per heavy atom. The molecule has 2 unspecified atom stereocenters. The van der Waals surface area contributed by atoms with Crippen LogP contribution in [0.5, 0.6) is 0 Å². The van der Waals surface area contributed by atoms with Crippen molar-refractivity contribution in [2.45, 2.75) is 97.0 Å². The average Bonchev–Trinajstić information content (AvgIpc) is 3.19. The van der Waals surface area contributed by atoms with Gasteiger partial charge in [-0.05, 0) is 48.4 Å². The second-order valence-electron chi connectivity index (χ2n) is 14.5. The van der Waals surface area contributed by atoms with E-state index in [4.69, 9.17) is 20.9 Å². The molecule has 0 radical (unpaired) electrons. The Morgan fingerprint density at radius 2 is 1.47 bits per heavy atom. The molecule has 0 aromatic heterocycles. The number of amides is 4. The van der Waals surface area contributed by atoms with Crippen LogP contribution in [-0.2, 0) is 46.5 Å². The molecule has 5 atom stereocenters. The van der Waals surface area contributed by atoms with Crippen molar-refractivity contribution in [1.82, 2.24) is 15.5 Å². The van der Waals surface area contributed by atoms with Gasteiger partial charge in [0, 0.05) is 31.9 Å². The van der Waals surface area contributed by atoms with Crippen molar-refractivity contribution in [2.75, 3.05) is 13.2 Å². The number of nitrogens with one attached hydrogen (secondary N) is 2. The Labute approximate surface area is 334 Å². The van der Waals surface area contributed by atoms with Crippen molar-refractivity contribution in [3.8, 4) is 11.1 Å². The van der Waals surface area contributed by atoms with Gasteiger partial charge >= 0.3 is 18.0 Å². The summed E-state index contributed by atoms with van der Waals surface area (Å²) in [6, 6.07) is 21.5. The highest BCUT2D eigenvalue weighted by atomic mass is 16.6. The van der Waals surface area contributed by atoms with Gasteiger partial charge in [0.2, 0.25) is 17.7 Å². The van der Waals surface area contributed by atoms with E-state index in [0.717, 1.165) is 24.0 Å². The number of nitrogens with zero attached hydrogens (tertiary/aromatic N) is 1. The Kier molecular flexibility index (Phi) is 18.0. The van der Waals surface area contributed by atoms with Crippen LogP contribution in [-0.4, -0.2) is 82.6 Å². The van der Waals surface area contributed by atoms with Crippen LogP contribution in [0.25, 0.3) is 11.1 Å². The number of imide groups is 1. The number of carbonyl (C=O) groups is 6. The molecule has 57 heavy (non-hydrogen) atoms. The van der Waals surface area contributed by atoms with Gasteiger partial charge in [-0.25, -0.2) is 14.5 Å². The van der Waals surface area contributed by atoms with E-state index in [1.165, 1.54) is 13.8 Å². The van der Waals surface area contributed by atoms with Crippen LogP contribution >= 0.6 is 0 Å². The molecule has 14 nitrogen and oxygen atoms in total. The summed E-state index contributed by atoms with van der Waals surface area (Å²) in [6.07, 6.45) is 0.972. The molecule has 3 aromatic carbocycles. The molecule has 0 fully saturated rings. The van der Waals surface area contributed by atoms with Gasteiger partial charge in [0.1, 0.15) is 24.2 Å². The first kappa shape index (κ1) is 45.9. The van der Waals surface area contributed by atoms with Crippen molar-refractivity contribution in [3.05, 3.63) is 96.1 Å². The van der Waals surface area contributed by atoms with Gasteiger partial charge in [-0.1, -0.05) is 119 Å². The van der Waals surface area contributed by atoms with E-state index in [2.05, 4.69) is 10.6 Å². The van der Waals surface area contributed by atoms with Gasteiger partial charge < -0.3 is 36.7 Å². The molecule has 0 aliphatic carbocycles. The first-order valence-corrected chi connectivity index (χ1v) is 19.3. The van der Waals surface area contributed by atoms with Gasteiger partial charge in [0.25, 0.3) is 0 Å². The summed E-state index contributed by atoms with van der Waals surface area (Å²) in [4.78, 5) is 80.9. The highest BCUT2D eigenvalue weighted by molar-refractivity contribution is 6.00. The normalized spacial score (nSPS) is 14.3. The zero-order valence-corrected chi connectivity index (χ0v) is 33.4. The Bertz CT molecular complexity index is 1800. The van der Waals surface area contributed by atoms with Gasteiger partial charge in [-0.15, -0.1) is 0 Å². The second-order valence-corrected chi connectivity index (χ2v) is 14.5. The summed E-state index contributed by atoms with van der Waals surface area (Å²) < 4.78 is 10.5. The van der Waals surface area contributed by atoms with Crippen LogP contribution in [0.3, 0.4) is 0 Å². The predicted molar refractivity (Wildman–Crippen MR) is 215 cm³/mol. The van der Waals surface area contributed by atoms with E-state index in [1.807, 2.05) is 49.4 Å². The van der Waals surface area contributed by atoms with Gasteiger partial charge in [-0.2, -0.15) is 0 Å². The molecule has 3 aromatic rings. The van der Waals surface area contributed by atoms with E-state index in [0.29, 0.717) is 22.4 Å². The third-order valence-corrected chi connectivity index (χ3v) is 9.68. The van der Waals surface area contributed by atoms with E-state index < -0.39 is 84.4 Å². The maximum atomic E-state index is 14.5. The zero-order valence-electron chi connectivity index (χ0n) is 33.4. The molecular weight excluding hydrogens is 730 g/mol. The van der Waals surface area contributed by atoms with Gasteiger partial charge in [-0.3, -0.25) is 19.2 Å². The number of ether oxygens (including phenoxy) is 2. The monoisotopic (exact) mass is 787 g/mol. The van der Waals surface area contributed by atoms with E-state index in [9.17, 15) is 33.9 Å². The molecular formula is C43H57N5O9. The molecule has 308 valence electrons. The minimum Gasteiger partial charge on any atom is -0.444 e. The van der Waals surface area contributed by atoms with Crippen molar-refractivity contribution in [2.24, 2.45) is 23.3 Å². The summed E-state index contributed by atoms with van der Waals surface area (Å²) in [5.41, 5.74) is 13.8. The molecule has 0 aliphatic heterocycles. The number of aliphatic hydroxyl groups is 1. The number of aliphatic hydroxyl groups excluding tert-OH is 1. The highest BCUT2D eigenvalue weighted by Crippen LogP contribution is 2.29. The number of unbranched alkanes of at least 4 members (excludes halogenated alkanes) is 2.